The van der Waals surface area contributed by atoms with Crippen LogP contribution in [0.2, 0.25) is 0 Å². The van der Waals surface area contributed by atoms with Crippen LogP contribution < -0.4 is 15.2 Å². The van der Waals surface area contributed by atoms with Crippen molar-refractivity contribution < 1.29 is 9.47 Å². The molecule has 2 rings (SSSR count). The van der Waals surface area contributed by atoms with E-state index in [1.165, 1.54) is 0 Å². The molecule has 0 fully saturated rings. The predicted molar refractivity (Wildman–Crippen MR) is 81.3 cm³/mol. The number of hydrogen-bond donors (Lipinski definition) is 1. The van der Waals surface area contributed by atoms with Gasteiger partial charge in [0, 0.05) is 11.6 Å². The summed E-state index contributed by atoms with van der Waals surface area (Å²) >= 11 is 0. The molecule has 0 aromatic heterocycles. The first kappa shape index (κ1) is 14.4. The molecule has 0 saturated carbocycles. The largest absolute Gasteiger partial charge is 0.494 e. The van der Waals surface area contributed by atoms with E-state index in [0.717, 1.165) is 35.8 Å². The van der Waals surface area contributed by atoms with Gasteiger partial charge >= 0.3 is 0 Å². The summed E-state index contributed by atoms with van der Waals surface area (Å²) in [5, 5.41) is 0. The number of ether oxygens (including phenoxy) is 2. The van der Waals surface area contributed by atoms with Crippen LogP contribution in [0.3, 0.4) is 0 Å². The van der Waals surface area contributed by atoms with Gasteiger partial charge in [-0.25, -0.2) is 0 Å². The van der Waals surface area contributed by atoms with Crippen molar-refractivity contribution in [2.24, 2.45) is 5.73 Å². The molecule has 0 heterocycles. The van der Waals surface area contributed by atoms with Crippen LogP contribution in [0.15, 0.2) is 48.5 Å². The lowest BCUT2D eigenvalue weighted by Gasteiger charge is -2.13. The van der Waals surface area contributed by atoms with E-state index in [0.29, 0.717) is 0 Å². The molecule has 0 radical (unpaired) electrons. The van der Waals surface area contributed by atoms with Crippen molar-refractivity contribution in [1.29, 1.82) is 0 Å². The van der Waals surface area contributed by atoms with Crippen molar-refractivity contribution in [3.63, 3.8) is 0 Å². The van der Waals surface area contributed by atoms with Gasteiger partial charge in [-0.15, -0.1) is 0 Å². The maximum Gasteiger partial charge on any atom is 0.132 e. The summed E-state index contributed by atoms with van der Waals surface area (Å²) in [4.78, 5) is 0. The summed E-state index contributed by atoms with van der Waals surface area (Å²) in [5.74, 6) is 2.44. The Balaban J connectivity index is 2.10. The van der Waals surface area contributed by atoms with Gasteiger partial charge in [0.05, 0.1) is 6.61 Å². The summed E-state index contributed by atoms with van der Waals surface area (Å²) in [6.45, 7) is 4.76. The highest BCUT2D eigenvalue weighted by atomic mass is 16.5. The molecule has 106 valence electrons. The third-order valence-electron chi connectivity index (χ3n) is 2.93. The predicted octanol–water partition coefficient (Wildman–Crippen LogP) is 4.29. The fourth-order valence-electron chi connectivity index (χ4n) is 1.90. The zero-order valence-electron chi connectivity index (χ0n) is 12.0. The van der Waals surface area contributed by atoms with E-state index in [2.05, 4.69) is 6.92 Å². The second-order valence-corrected chi connectivity index (χ2v) is 4.75. The first-order chi connectivity index (χ1) is 9.70. The van der Waals surface area contributed by atoms with Gasteiger partial charge in [-0.2, -0.15) is 0 Å². The monoisotopic (exact) mass is 271 g/mol. The second-order valence-electron chi connectivity index (χ2n) is 4.75. The highest BCUT2D eigenvalue weighted by Gasteiger charge is 2.08. The summed E-state index contributed by atoms with van der Waals surface area (Å²) < 4.78 is 11.4. The summed E-state index contributed by atoms with van der Waals surface area (Å²) in [6.07, 6.45) is 1.00. The smallest absolute Gasteiger partial charge is 0.132 e. The molecule has 2 N–H and O–H groups in total. The fraction of sp³-hybridized carbons (Fsp3) is 0.294. The van der Waals surface area contributed by atoms with Gasteiger partial charge < -0.3 is 15.2 Å². The Kier molecular flexibility index (Phi) is 5.02. The number of hydrogen-bond acceptors (Lipinski definition) is 3. The molecule has 3 heteroatoms. The average Bonchev–Trinajstić information content (AvgIpc) is 2.47. The minimum Gasteiger partial charge on any atom is -0.494 e. The van der Waals surface area contributed by atoms with E-state index in [9.17, 15) is 0 Å². The Morgan fingerprint density at radius 1 is 1.00 bits per heavy atom. The maximum atomic E-state index is 5.95. The van der Waals surface area contributed by atoms with E-state index in [4.69, 9.17) is 15.2 Å². The standard InChI is InChI=1S/C17H21NO2/c1-3-12-19-14-8-10-15(11-9-14)20-17-7-5-4-6-16(17)13(2)18/h4-11,13H,3,12,18H2,1-2H3/t13-/m1/s1. The minimum absolute atomic E-state index is 0.0571. The van der Waals surface area contributed by atoms with Gasteiger partial charge in [-0.3, -0.25) is 0 Å². The van der Waals surface area contributed by atoms with E-state index >= 15 is 0 Å². The highest BCUT2D eigenvalue weighted by Crippen LogP contribution is 2.29. The molecular weight excluding hydrogens is 250 g/mol. The molecule has 0 saturated heterocycles. The fourth-order valence-corrected chi connectivity index (χ4v) is 1.90. The molecule has 0 aliphatic carbocycles. The van der Waals surface area contributed by atoms with Gasteiger partial charge in [0.1, 0.15) is 17.2 Å². The van der Waals surface area contributed by atoms with Gasteiger partial charge in [-0.05, 0) is 43.7 Å². The van der Waals surface area contributed by atoms with Crippen LogP contribution in [0, 0.1) is 0 Å². The first-order valence-electron chi connectivity index (χ1n) is 6.96. The molecule has 0 bridgehead atoms. The molecule has 20 heavy (non-hydrogen) atoms. The van der Waals surface area contributed by atoms with Gasteiger partial charge in [0.25, 0.3) is 0 Å². The van der Waals surface area contributed by atoms with Crippen LogP contribution in [0.1, 0.15) is 31.9 Å². The minimum atomic E-state index is -0.0571. The summed E-state index contributed by atoms with van der Waals surface area (Å²) in [6, 6.07) is 15.4. The SMILES string of the molecule is CCCOc1ccc(Oc2ccccc2[C@@H](C)N)cc1. The Morgan fingerprint density at radius 2 is 1.65 bits per heavy atom. The number of benzene rings is 2. The quantitative estimate of drug-likeness (QED) is 0.852. The lowest BCUT2D eigenvalue weighted by Crippen LogP contribution is -2.06. The van der Waals surface area contributed by atoms with E-state index in [1.54, 1.807) is 0 Å². The van der Waals surface area contributed by atoms with Crippen molar-refractivity contribution in [3.8, 4) is 17.2 Å². The van der Waals surface area contributed by atoms with Crippen molar-refractivity contribution >= 4 is 0 Å². The average molecular weight is 271 g/mol. The van der Waals surface area contributed by atoms with Crippen LogP contribution in [0.4, 0.5) is 0 Å². The second kappa shape index (κ2) is 6.96. The lowest BCUT2D eigenvalue weighted by molar-refractivity contribution is 0.317. The highest BCUT2D eigenvalue weighted by molar-refractivity contribution is 5.40. The third kappa shape index (κ3) is 3.75. The summed E-state index contributed by atoms with van der Waals surface area (Å²) in [5.41, 5.74) is 6.95. The van der Waals surface area contributed by atoms with Gasteiger partial charge in [0.15, 0.2) is 0 Å². The molecule has 2 aromatic rings. The molecule has 0 aliphatic rings. The van der Waals surface area contributed by atoms with Crippen molar-refractivity contribution in [1.82, 2.24) is 0 Å². The maximum absolute atomic E-state index is 5.95. The Bertz CT molecular complexity index is 535. The molecule has 1 atom stereocenters. The molecule has 0 unspecified atom stereocenters. The number of para-hydroxylation sites is 1. The van der Waals surface area contributed by atoms with E-state index in [1.807, 2.05) is 55.5 Å². The Labute approximate surface area is 120 Å². The van der Waals surface area contributed by atoms with Gasteiger partial charge in [0.2, 0.25) is 0 Å². The molecule has 0 spiro atoms. The van der Waals surface area contributed by atoms with Crippen LogP contribution >= 0.6 is 0 Å². The van der Waals surface area contributed by atoms with Crippen LogP contribution in [-0.2, 0) is 0 Å². The number of nitrogens with two attached hydrogens (primary N) is 1. The number of rotatable bonds is 6. The van der Waals surface area contributed by atoms with Crippen molar-refractivity contribution in [2.75, 3.05) is 6.61 Å². The normalized spacial score (nSPS) is 11.9. The van der Waals surface area contributed by atoms with Crippen LogP contribution in [-0.4, -0.2) is 6.61 Å². The van der Waals surface area contributed by atoms with Crippen molar-refractivity contribution in [2.45, 2.75) is 26.3 Å². The van der Waals surface area contributed by atoms with Gasteiger partial charge in [-0.1, -0.05) is 25.1 Å². The molecule has 2 aromatic carbocycles. The molecule has 0 amide bonds. The summed E-state index contributed by atoms with van der Waals surface area (Å²) in [7, 11) is 0. The molecule has 0 aliphatic heterocycles. The first-order valence-corrected chi connectivity index (χ1v) is 6.96. The van der Waals surface area contributed by atoms with Crippen LogP contribution in [0.5, 0.6) is 17.2 Å². The molecular formula is C17H21NO2. The Morgan fingerprint density at radius 3 is 2.30 bits per heavy atom. The van der Waals surface area contributed by atoms with E-state index < -0.39 is 0 Å². The lowest BCUT2D eigenvalue weighted by atomic mass is 10.1. The molecule has 3 nitrogen and oxygen atoms in total. The topological polar surface area (TPSA) is 44.5 Å². The third-order valence-corrected chi connectivity index (χ3v) is 2.93. The zero-order chi connectivity index (χ0) is 14.4. The van der Waals surface area contributed by atoms with E-state index in [-0.39, 0.29) is 6.04 Å². The zero-order valence-corrected chi connectivity index (χ0v) is 12.0. The van der Waals surface area contributed by atoms with Crippen molar-refractivity contribution in [3.05, 3.63) is 54.1 Å². The van der Waals surface area contributed by atoms with Crippen LogP contribution in [0.25, 0.3) is 0 Å². The Hall–Kier alpha value is -2.00.